The van der Waals surface area contributed by atoms with E-state index in [9.17, 15) is 14.7 Å². The third-order valence-electron chi connectivity index (χ3n) is 3.33. The fraction of sp³-hybridized carbons (Fsp3) is 0.692. The number of carboxylic acids is 1. The number of carbonyl (C=O) groups excluding carboxylic acids is 1. The highest BCUT2D eigenvalue weighted by Gasteiger charge is 2.35. The molecule has 3 atom stereocenters. The third kappa shape index (κ3) is 3.84. The van der Waals surface area contributed by atoms with Crippen LogP contribution in [0.15, 0.2) is 12.2 Å². The number of aliphatic hydroxyl groups excluding tert-OH is 1. The molecule has 0 heterocycles. The van der Waals surface area contributed by atoms with Crippen molar-refractivity contribution >= 4 is 11.9 Å². The molecule has 18 heavy (non-hydrogen) atoms. The normalized spacial score (nSPS) is 24.6. The highest BCUT2D eigenvalue weighted by atomic mass is 16.4. The first-order valence-electron chi connectivity index (χ1n) is 6.24. The van der Waals surface area contributed by atoms with Gasteiger partial charge in [0.25, 0.3) is 0 Å². The fourth-order valence-corrected chi connectivity index (χ4v) is 2.13. The first-order valence-corrected chi connectivity index (χ1v) is 6.24. The van der Waals surface area contributed by atoms with Gasteiger partial charge in [-0.1, -0.05) is 12.2 Å². The van der Waals surface area contributed by atoms with Crippen LogP contribution in [0.25, 0.3) is 0 Å². The van der Waals surface area contributed by atoms with E-state index < -0.39 is 23.9 Å². The van der Waals surface area contributed by atoms with E-state index in [0.29, 0.717) is 25.8 Å². The largest absolute Gasteiger partial charge is 0.481 e. The van der Waals surface area contributed by atoms with E-state index in [2.05, 4.69) is 0 Å². The summed E-state index contributed by atoms with van der Waals surface area (Å²) in [7, 11) is 1.65. The molecule has 1 unspecified atom stereocenters. The molecule has 0 aromatic carbocycles. The number of hydrogen-bond acceptors (Lipinski definition) is 3. The van der Waals surface area contributed by atoms with Gasteiger partial charge in [-0.15, -0.1) is 0 Å². The lowest BCUT2D eigenvalue weighted by Gasteiger charge is -2.29. The predicted molar refractivity (Wildman–Crippen MR) is 66.9 cm³/mol. The first kappa shape index (κ1) is 14.7. The van der Waals surface area contributed by atoms with Crippen molar-refractivity contribution in [2.75, 3.05) is 13.6 Å². The maximum absolute atomic E-state index is 12.2. The maximum Gasteiger partial charge on any atom is 0.307 e. The number of rotatable bonds is 5. The lowest BCUT2D eigenvalue weighted by Crippen LogP contribution is -2.40. The molecule has 5 heteroatoms. The number of allylic oxidation sites excluding steroid dienone is 2. The smallest absolute Gasteiger partial charge is 0.307 e. The van der Waals surface area contributed by atoms with Gasteiger partial charge < -0.3 is 15.1 Å². The van der Waals surface area contributed by atoms with Gasteiger partial charge in [0.05, 0.1) is 17.9 Å². The van der Waals surface area contributed by atoms with Gasteiger partial charge in [0.15, 0.2) is 0 Å². The fourth-order valence-electron chi connectivity index (χ4n) is 2.13. The number of aliphatic hydroxyl groups is 1. The average molecular weight is 255 g/mol. The molecular weight excluding hydrogens is 234 g/mol. The van der Waals surface area contributed by atoms with E-state index in [-0.39, 0.29) is 5.91 Å². The standard InChI is InChI=1S/C13H21NO4/c1-9(15)7-8-14(2)12(16)10-5-3-4-6-11(10)13(17)18/h3-4,9-11,15H,5-8H2,1-2H3,(H,17,18)/t9?,10-,11+/m1/s1. The summed E-state index contributed by atoms with van der Waals surface area (Å²) in [5.74, 6) is -2.17. The SMILES string of the molecule is CC(O)CCN(C)C(=O)[C@@H]1CC=CC[C@@H]1C(=O)O. The van der Waals surface area contributed by atoms with Crippen LogP contribution in [0, 0.1) is 11.8 Å². The van der Waals surface area contributed by atoms with Crippen molar-refractivity contribution in [1.29, 1.82) is 0 Å². The molecule has 0 fully saturated rings. The Morgan fingerprint density at radius 2 is 1.89 bits per heavy atom. The van der Waals surface area contributed by atoms with Gasteiger partial charge in [0, 0.05) is 13.6 Å². The van der Waals surface area contributed by atoms with Crippen LogP contribution < -0.4 is 0 Å². The third-order valence-corrected chi connectivity index (χ3v) is 3.33. The molecule has 102 valence electrons. The quantitative estimate of drug-likeness (QED) is 0.715. The topological polar surface area (TPSA) is 77.8 Å². The molecule has 0 aromatic heterocycles. The van der Waals surface area contributed by atoms with E-state index in [4.69, 9.17) is 5.11 Å². The lowest BCUT2D eigenvalue weighted by atomic mass is 9.82. The Labute approximate surface area is 107 Å². The molecule has 1 amide bonds. The molecule has 2 N–H and O–H groups in total. The second-order valence-corrected chi connectivity index (χ2v) is 4.89. The highest BCUT2D eigenvalue weighted by Crippen LogP contribution is 2.27. The molecule has 0 aromatic rings. The zero-order chi connectivity index (χ0) is 13.7. The van der Waals surface area contributed by atoms with Crippen molar-refractivity contribution in [2.45, 2.75) is 32.3 Å². The Morgan fingerprint density at radius 1 is 1.33 bits per heavy atom. The highest BCUT2D eigenvalue weighted by molar-refractivity contribution is 5.85. The summed E-state index contributed by atoms with van der Waals surface area (Å²) in [6.45, 7) is 2.12. The summed E-state index contributed by atoms with van der Waals surface area (Å²) in [5, 5.41) is 18.3. The number of aliphatic carboxylic acids is 1. The van der Waals surface area contributed by atoms with Gasteiger partial charge in [0.1, 0.15) is 0 Å². The van der Waals surface area contributed by atoms with Crippen LogP contribution in [0.5, 0.6) is 0 Å². The van der Waals surface area contributed by atoms with Gasteiger partial charge in [0.2, 0.25) is 5.91 Å². The van der Waals surface area contributed by atoms with Crippen molar-refractivity contribution in [2.24, 2.45) is 11.8 Å². The molecule has 0 saturated heterocycles. The van der Waals surface area contributed by atoms with Crippen molar-refractivity contribution in [3.8, 4) is 0 Å². The second-order valence-electron chi connectivity index (χ2n) is 4.89. The summed E-state index contributed by atoms with van der Waals surface area (Å²) >= 11 is 0. The van der Waals surface area contributed by atoms with Crippen molar-refractivity contribution in [3.63, 3.8) is 0 Å². The minimum atomic E-state index is -0.915. The summed E-state index contributed by atoms with van der Waals surface area (Å²) in [6, 6.07) is 0. The Kier molecular flexibility index (Phi) is 5.34. The number of hydrogen-bond donors (Lipinski definition) is 2. The number of carbonyl (C=O) groups is 2. The Morgan fingerprint density at radius 3 is 2.39 bits per heavy atom. The minimum Gasteiger partial charge on any atom is -0.481 e. The number of nitrogens with zero attached hydrogens (tertiary/aromatic N) is 1. The molecular formula is C13H21NO4. The second kappa shape index (κ2) is 6.54. The van der Waals surface area contributed by atoms with Crippen molar-refractivity contribution in [1.82, 2.24) is 4.90 Å². The van der Waals surface area contributed by atoms with Gasteiger partial charge in [-0.25, -0.2) is 0 Å². The number of carboxylic acid groups (broad SMARTS) is 1. The molecule has 0 bridgehead atoms. The van der Waals surface area contributed by atoms with Gasteiger partial charge in [-0.05, 0) is 26.2 Å². The van der Waals surface area contributed by atoms with Crippen LogP contribution in [0.2, 0.25) is 0 Å². The van der Waals surface area contributed by atoms with E-state index in [1.165, 1.54) is 4.90 Å². The molecule has 0 saturated carbocycles. The summed E-state index contributed by atoms with van der Waals surface area (Å²) in [6.07, 6.45) is 4.62. The molecule has 1 aliphatic rings. The van der Waals surface area contributed by atoms with E-state index >= 15 is 0 Å². The number of amides is 1. The van der Waals surface area contributed by atoms with Crippen molar-refractivity contribution in [3.05, 3.63) is 12.2 Å². The molecule has 0 aliphatic heterocycles. The maximum atomic E-state index is 12.2. The Bertz CT molecular complexity index is 338. The monoisotopic (exact) mass is 255 g/mol. The zero-order valence-corrected chi connectivity index (χ0v) is 10.9. The molecule has 0 radical (unpaired) electrons. The molecule has 1 rings (SSSR count). The molecule has 5 nitrogen and oxygen atoms in total. The van der Waals surface area contributed by atoms with E-state index in [1.54, 1.807) is 14.0 Å². The molecule has 0 spiro atoms. The Balaban J connectivity index is 2.63. The van der Waals surface area contributed by atoms with Crippen LogP contribution in [-0.4, -0.2) is 46.7 Å². The van der Waals surface area contributed by atoms with Gasteiger partial charge >= 0.3 is 5.97 Å². The lowest BCUT2D eigenvalue weighted by molar-refractivity contribution is -0.150. The van der Waals surface area contributed by atoms with Crippen LogP contribution in [-0.2, 0) is 9.59 Å². The summed E-state index contributed by atoms with van der Waals surface area (Å²) < 4.78 is 0. The van der Waals surface area contributed by atoms with Gasteiger partial charge in [-0.3, -0.25) is 9.59 Å². The van der Waals surface area contributed by atoms with Crippen LogP contribution in [0.4, 0.5) is 0 Å². The van der Waals surface area contributed by atoms with Crippen LogP contribution in [0.1, 0.15) is 26.2 Å². The predicted octanol–water partition coefficient (Wildman–Crippen LogP) is 0.883. The van der Waals surface area contributed by atoms with E-state index in [1.807, 2.05) is 12.2 Å². The van der Waals surface area contributed by atoms with E-state index in [0.717, 1.165) is 0 Å². The zero-order valence-electron chi connectivity index (χ0n) is 10.9. The Hall–Kier alpha value is -1.36. The average Bonchev–Trinajstić information content (AvgIpc) is 2.34. The molecule has 1 aliphatic carbocycles. The van der Waals surface area contributed by atoms with Crippen LogP contribution in [0.3, 0.4) is 0 Å². The minimum absolute atomic E-state index is 0.146. The van der Waals surface area contributed by atoms with Crippen LogP contribution >= 0.6 is 0 Å². The first-order chi connectivity index (χ1) is 8.43. The van der Waals surface area contributed by atoms with Crippen molar-refractivity contribution < 1.29 is 19.8 Å². The summed E-state index contributed by atoms with van der Waals surface area (Å²) in [4.78, 5) is 24.8. The van der Waals surface area contributed by atoms with Gasteiger partial charge in [-0.2, -0.15) is 0 Å². The summed E-state index contributed by atoms with van der Waals surface area (Å²) in [5.41, 5.74) is 0.